The molecule has 1 aromatic heterocycles. The molecule has 0 aliphatic heterocycles. The molecule has 0 aliphatic carbocycles. The molecular weight excluding hydrogens is 180 g/mol. The maximum Gasteiger partial charge on any atom is 0.221 e. The van der Waals surface area contributed by atoms with Crippen molar-refractivity contribution < 1.29 is 4.79 Å². The Balaban J connectivity index is 2.23. The van der Waals surface area contributed by atoms with Crippen molar-refractivity contribution in [2.24, 2.45) is 7.05 Å². The molecule has 0 atom stereocenters. The number of aryl methyl sites for hydroxylation is 1. The zero-order valence-electron chi connectivity index (χ0n) is 8.58. The van der Waals surface area contributed by atoms with Gasteiger partial charge >= 0.3 is 0 Å². The molecule has 1 heterocycles. The summed E-state index contributed by atoms with van der Waals surface area (Å²) in [6, 6.07) is 0. The number of rotatable bonds is 5. The standard InChI is InChI=1S/C9H16N4O/c1-10-4-3-9(14)11-5-8-6-12-13(2)7-8/h6-7,10H,3-5H2,1-2H3,(H,11,14). The van der Waals surface area contributed by atoms with Crippen molar-refractivity contribution in [3.63, 3.8) is 0 Å². The van der Waals surface area contributed by atoms with Crippen LogP contribution in [0.1, 0.15) is 12.0 Å². The zero-order valence-corrected chi connectivity index (χ0v) is 8.58. The molecule has 5 nitrogen and oxygen atoms in total. The SMILES string of the molecule is CNCCC(=O)NCc1cnn(C)c1. The van der Waals surface area contributed by atoms with Crippen LogP contribution in [0.5, 0.6) is 0 Å². The molecule has 2 N–H and O–H groups in total. The molecule has 14 heavy (non-hydrogen) atoms. The molecule has 0 fully saturated rings. The van der Waals surface area contributed by atoms with Gasteiger partial charge in [0.15, 0.2) is 0 Å². The Kier molecular flexibility index (Phi) is 4.12. The Hall–Kier alpha value is -1.36. The smallest absolute Gasteiger partial charge is 0.221 e. The van der Waals surface area contributed by atoms with Crippen molar-refractivity contribution >= 4 is 5.91 Å². The van der Waals surface area contributed by atoms with Gasteiger partial charge in [-0.1, -0.05) is 0 Å². The van der Waals surface area contributed by atoms with Crippen molar-refractivity contribution in [1.82, 2.24) is 20.4 Å². The molecule has 0 saturated carbocycles. The van der Waals surface area contributed by atoms with Crippen LogP contribution in [0.4, 0.5) is 0 Å². The Morgan fingerprint density at radius 2 is 2.43 bits per heavy atom. The lowest BCUT2D eigenvalue weighted by molar-refractivity contribution is -0.121. The van der Waals surface area contributed by atoms with E-state index >= 15 is 0 Å². The molecule has 78 valence electrons. The second-order valence-electron chi connectivity index (χ2n) is 3.15. The van der Waals surface area contributed by atoms with Crippen LogP contribution in [0.25, 0.3) is 0 Å². The zero-order chi connectivity index (χ0) is 10.4. The van der Waals surface area contributed by atoms with Gasteiger partial charge in [0.2, 0.25) is 5.91 Å². The fraction of sp³-hybridized carbons (Fsp3) is 0.556. The van der Waals surface area contributed by atoms with E-state index in [4.69, 9.17) is 0 Å². The van der Waals surface area contributed by atoms with E-state index in [0.29, 0.717) is 19.5 Å². The van der Waals surface area contributed by atoms with Crippen LogP contribution in [-0.2, 0) is 18.4 Å². The number of hydrogen-bond donors (Lipinski definition) is 2. The van der Waals surface area contributed by atoms with Crippen molar-refractivity contribution in [1.29, 1.82) is 0 Å². The van der Waals surface area contributed by atoms with E-state index in [1.54, 1.807) is 10.9 Å². The molecule has 0 aliphatic rings. The lowest BCUT2D eigenvalue weighted by atomic mass is 10.3. The maximum atomic E-state index is 11.2. The van der Waals surface area contributed by atoms with Crippen LogP contribution in [0.2, 0.25) is 0 Å². The first-order valence-corrected chi connectivity index (χ1v) is 4.61. The van der Waals surface area contributed by atoms with Gasteiger partial charge < -0.3 is 10.6 Å². The molecular formula is C9H16N4O. The number of aromatic nitrogens is 2. The number of nitrogens with zero attached hydrogens (tertiary/aromatic N) is 2. The largest absolute Gasteiger partial charge is 0.352 e. The van der Waals surface area contributed by atoms with Crippen LogP contribution in [-0.4, -0.2) is 29.3 Å². The Labute approximate surface area is 83.5 Å². The summed E-state index contributed by atoms with van der Waals surface area (Å²) in [4.78, 5) is 11.2. The molecule has 0 radical (unpaired) electrons. The summed E-state index contributed by atoms with van der Waals surface area (Å²) in [5.41, 5.74) is 1.02. The first kappa shape index (κ1) is 10.7. The van der Waals surface area contributed by atoms with Gasteiger partial charge in [-0.15, -0.1) is 0 Å². The Morgan fingerprint density at radius 3 is 3.00 bits per heavy atom. The summed E-state index contributed by atoms with van der Waals surface area (Å²) in [5, 5.41) is 9.75. The lowest BCUT2D eigenvalue weighted by Gasteiger charge is -2.02. The van der Waals surface area contributed by atoms with Crippen molar-refractivity contribution in [2.75, 3.05) is 13.6 Å². The predicted octanol–water partition coefficient (Wildman–Crippen LogP) is -0.354. The van der Waals surface area contributed by atoms with Crippen LogP contribution in [0.15, 0.2) is 12.4 Å². The molecule has 5 heteroatoms. The van der Waals surface area contributed by atoms with E-state index in [0.717, 1.165) is 5.56 Å². The highest BCUT2D eigenvalue weighted by molar-refractivity contribution is 5.76. The molecule has 0 saturated heterocycles. The summed E-state index contributed by atoms with van der Waals surface area (Å²) in [6.45, 7) is 1.26. The predicted molar refractivity (Wildman–Crippen MR) is 53.6 cm³/mol. The maximum absolute atomic E-state index is 11.2. The fourth-order valence-electron chi connectivity index (χ4n) is 1.09. The van der Waals surface area contributed by atoms with E-state index in [9.17, 15) is 4.79 Å². The van der Waals surface area contributed by atoms with Gasteiger partial charge in [0, 0.05) is 38.3 Å². The third-order valence-electron chi connectivity index (χ3n) is 1.85. The second-order valence-corrected chi connectivity index (χ2v) is 3.15. The van der Waals surface area contributed by atoms with E-state index in [-0.39, 0.29) is 5.91 Å². The summed E-state index contributed by atoms with van der Waals surface area (Å²) >= 11 is 0. The highest BCUT2D eigenvalue weighted by Crippen LogP contribution is 1.94. The van der Waals surface area contributed by atoms with E-state index in [1.807, 2.05) is 20.3 Å². The molecule has 1 rings (SSSR count). The summed E-state index contributed by atoms with van der Waals surface area (Å²) in [6.07, 6.45) is 4.15. The Morgan fingerprint density at radius 1 is 1.64 bits per heavy atom. The van der Waals surface area contributed by atoms with Gasteiger partial charge in [-0.05, 0) is 7.05 Å². The van der Waals surface area contributed by atoms with E-state index in [1.165, 1.54) is 0 Å². The lowest BCUT2D eigenvalue weighted by Crippen LogP contribution is -2.25. The molecule has 0 aromatic carbocycles. The highest BCUT2D eigenvalue weighted by atomic mass is 16.1. The van der Waals surface area contributed by atoms with Gasteiger partial charge in [0.05, 0.1) is 6.20 Å². The fourth-order valence-corrected chi connectivity index (χ4v) is 1.09. The number of carbonyl (C=O) groups excluding carboxylic acids is 1. The van der Waals surface area contributed by atoms with Crippen LogP contribution in [0, 0.1) is 0 Å². The number of nitrogens with one attached hydrogen (secondary N) is 2. The minimum absolute atomic E-state index is 0.0585. The summed E-state index contributed by atoms with van der Waals surface area (Å²) in [5.74, 6) is 0.0585. The molecule has 1 amide bonds. The highest BCUT2D eigenvalue weighted by Gasteiger charge is 2.00. The molecule has 0 unspecified atom stereocenters. The van der Waals surface area contributed by atoms with E-state index in [2.05, 4.69) is 15.7 Å². The molecule has 1 aromatic rings. The quantitative estimate of drug-likeness (QED) is 0.676. The molecule has 0 spiro atoms. The van der Waals surface area contributed by atoms with Crippen LogP contribution >= 0.6 is 0 Å². The second kappa shape index (κ2) is 5.39. The van der Waals surface area contributed by atoms with Gasteiger partial charge in [0.25, 0.3) is 0 Å². The van der Waals surface area contributed by atoms with Gasteiger partial charge in [-0.25, -0.2) is 0 Å². The topological polar surface area (TPSA) is 59.0 Å². The monoisotopic (exact) mass is 196 g/mol. The number of amides is 1. The first-order valence-electron chi connectivity index (χ1n) is 4.61. The van der Waals surface area contributed by atoms with Crippen LogP contribution in [0.3, 0.4) is 0 Å². The summed E-state index contributed by atoms with van der Waals surface area (Å²) < 4.78 is 1.72. The van der Waals surface area contributed by atoms with Crippen LogP contribution < -0.4 is 10.6 Å². The first-order chi connectivity index (χ1) is 6.72. The van der Waals surface area contributed by atoms with Gasteiger partial charge in [-0.2, -0.15) is 5.10 Å². The number of hydrogen-bond acceptors (Lipinski definition) is 3. The third-order valence-corrected chi connectivity index (χ3v) is 1.85. The summed E-state index contributed by atoms with van der Waals surface area (Å²) in [7, 11) is 3.68. The van der Waals surface area contributed by atoms with Gasteiger partial charge in [0.1, 0.15) is 0 Å². The van der Waals surface area contributed by atoms with Crippen molar-refractivity contribution in [3.8, 4) is 0 Å². The Bertz CT molecular complexity index is 295. The van der Waals surface area contributed by atoms with E-state index < -0.39 is 0 Å². The van der Waals surface area contributed by atoms with Crippen molar-refractivity contribution in [3.05, 3.63) is 18.0 Å². The minimum Gasteiger partial charge on any atom is -0.352 e. The van der Waals surface area contributed by atoms with Gasteiger partial charge in [-0.3, -0.25) is 9.48 Å². The average molecular weight is 196 g/mol. The van der Waals surface area contributed by atoms with Crippen molar-refractivity contribution in [2.45, 2.75) is 13.0 Å². The number of carbonyl (C=O) groups is 1. The third kappa shape index (κ3) is 3.57. The minimum atomic E-state index is 0.0585. The average Bonchev–Trinajstić information content (AvgIpc) is 2.58. The molecule has 0 bridgehead atoms. The normalized spacial score (nSPS) is 10.1.